The largest absolute Gasteiger partial charge is 0.494 e. The van der Waals surface area contributed by atoms with Gasteiger partial charge < -0.3 is 14.6 Å². The van der Waals surface area contributed by atoms with Crippen molar-refractivity contribution < 1.29 is 9.26 Å². The van der Waals surface area contributed by atoms with Crippen LogP contribution in [0.4, 0.5) is 0 Å². The fraction of sp³-hybridized carbons (Fsp3) is 0.500. The minimum Gasteiger partial charge on any atom is -0.494 e. The van der Waals surface area contributed by atoms with E-state index in [1.54, 1.807) is 0 Å². The third kappa shape index (κ3) is 3.61. The summed E-state index contributed by atoms with van der Waals surface area (Å²) in [7, 11) is 0. The standard InChI is InChI=1S/C16H21N3O2/c1-2-20-14-7-3-6-13(10-14)16-18-15(21-19-16)9-12-5-4-8-17-11-12/h3,6-7,10,12,17H,2,4-5,8-9,11H2,1H3. The molecule has 1 N–H and O–H groups in total. The predicted octanol–water partition coefficient (Wildman–Crippen LogP) is 2.68. The number of aromatic nitrogens is 2. The molecule has 1 fully saturated rings. The molecule has 0 radical (unpaired) electrons. The zero-order chi connectivity index (χ0) is 14.5. The first-order chi connectivity index (χ1) is 10.3. The van der Waals surface area contributed by atoms with Crippen molar-refractivity contribution >= 4 is 0 Å². The minimum absolute atomic E-state index is 0.599. The lowest BCUT2D eigenvalue weighted by molar-refractivity contribution is 0.316. The van der Waals surface area contributed by atoms with Crippen LogP contribution < -0.4 is 10.1 Å². The summed E-state index contributed by atoms with van der Waals surface area (Å²) in [6.07, 6.45) is 3.30. The summed E-state index contributed by atoms with van der Waals surface area (Å²) >= 11 is 0. The second-order valence-corrected chi connectivity index (χ2v) is 5.39. The average molecular weight is 287 g/mol. The van der Waals surface area contributed by atoms with Gasteiger partial charge in [-0.1, -0.05) is 17.3 Å². The van der Waals surface area contributed by atoms with Gasteiger partial charge in [-0.2, -0.15) is 4.98 Å². The first-order valence-corrected chi connectivity index (χ1v) is 7.61. The smallest absolute Gasteiger partial charge is 0.227 e. The van der Waals surface area contributed by atoms with Crippen LogP contribution in [0.15, 0.2) is 28.8 Å². The minimum atomic E-state index is 0.599. The van der Waals surface area contributed by atoms with E-state index in [0.29, 0.717) is 18.3 Å². The Morgan fingerprint density at radius 1 is 1.43 bits per heavy atom. The van der Waals surface area contributed by atoms with E-state index in [2.05, 4.69) is 15.5 Å². The molecule has 1 aromatic carbocycles. The number of hydrogen-bond acceptors (Lipinski definition) is 5. The topological polar surface area (TPSA) is 60.2 Å². The van der Waals surface area contributed by atoms with Gasteiger partial charge in [-0.3, -0.25) is 0 Å². The quantitative estimate of drug-likeness (QED) is 0.916. The van der Waals surface area contributed by atoms with Crippen LogP contribution in [-0.4, -0.2) is 29.8 Å². The molecule has 1 aliphatic heterocycles. The van der Waals surface area contributed by atoms with Crippen LogP contribution in [0.3, 0.4) is 0 Å². The summed E-state index contributed by atoms with van der Waals surface area (Å²) in [5.41, 5.74) is 0.928. The van der Waals surface area contributed by atoms with E-state index in [1.165, 1.54) is 12.8 Å². The van der Waals surface area contributed by atoms with Crippen molar-refractivity contribution in [2.75, 3.05) is 19.7 Å². The number of rotatable bonds is 5. The van der Waals surface area contributed by atoms with Gasteiger partial charge in [0.2, 0.25) is 11.7 Å². The van der Waals surface area contributed by atoms with Gasteiger partial charge in [0.1, 0.15) is 5.75 Å². The molecule has 2 heterocycles. The van der Waals surface area contributed by atoms with Gasteiger partial charge >= 0.3 is 0 Å². The van der Waals surface area contributed by atoms with Crippen molar-refractivity contribution in [3.05, 3.63) is 30.2 Å². The van der Waals surface area contributed by atoms with Crippen LogP contribution in [-0.2, 0) is 6.42 Å². The lowest BCUT2D eigenvalue weighted by Gasteiger charge is -2.20. The monoisotopic (exact) mass is 287 g/mol. The zero-order valence-corrected chi connectivity index (χ0v) is 12.3. The van der Waals surface area contributed by atoms with Crippen molar-refractivity contribution in [1.82, 2.24) is 15.5 Å². The molecule has 5 heteroatoms. The maximum atomic E-state index is 5.50. The maximum Gasteiger partial charge on any atom is 0.227 e. The van der Waals surface area contributed by atoms with Crippen molar-refractivity contribution in [2.24, 2.45) is 5.92 Å². The van der Waals surface area contributed by atoms with E-state index < -0.39 is 0 Å². The van der Waals surface area contributed by atoms with Gasteiger partial charge in [0, 0.05) is 12.0 Å². The fourth-order valence-corrected chi connectivity index (χ4v) is 2.69. The van der Waals surface area contributed by atoms with Crippen LogP contribution in [0.25, 0.3) is 11.4 Å². The first-order valence-electron chi connectivity index (χ1n) is 7.61. The Morgan fingerprint density at radius 3 is 3.19 bits per heavy atom. The first kappa shape index (κ1) is 14.1. The Bertz CT molecular complexity index is 576. The highest BCUT2D eigenvalue weighted by atomic mass is 16.5. The van der Waals surface area contributed by atoms with Gasteiger partial charge in [0.25, 0.3) is 0 Å². The van der Waals surface area contributed by atoms with Crippen molar-refractivity contribution in [3.8, 4) is 17.1 Å². The molecule has 2 aromatic rings. The van der Waals surface area contributed by atoms with Crippen LogP contribution in [0.1, 0.15) is 25.7 Å². The summed E-state index contributed by atoms with van der Waals surface area (Å²) in [5, 5.41) is 7.50. The number of benzene rings is 1. The average Bonchev–Trinajstić information content (AvgIpc) is 2.97. The number of piperidine rings is 1. The van der Waals surface area contributed by atoms with Crippen LogP contribution in [0.5, 0.6) is 5.75 Å². The number of ether oxygens (including phenoxy) is 1. The fourth-order valence-electron chi connectivity index (χ4n) is 2.69. The van der Waals surface area contributed by atoms with Crippen LogP contribution in [0, 0.1) is 5.92 Å². The highest BCUT2D eigenvalue weighted by molar-refractivity contribution is 5.56. The zero-order valence-electron chi connectivity index (χ0n) is 12.3. The second-order valence-electron chi connectivity index (χ2n) is 5.39. The molecule has 0 aliphatic carbocycles. The molecule has 0 spiro atoms. The van der Waals surface area contributed by atoms with E-state index in [-0.39, 0.29) is 0 Å². The van der Waals surface area contributed by atoms with E-state index >= 15 is 0 Å². The highest BCUT2D eigenvalue weighted by Gasteiger charge is 2.17. The molecule has 1 aromatic heterocycles. The van der Waals surface area contributed by atoms with Gasteiger partial charge in [-0.05, 0) is 50.9 Å². The number of nitrogens with zero attached hydrogens (tertiary/aromatic N) is 2. The summed E-state index contributed by atoms with van der Waals surface area (Å²) in [6, 6.07) is 7.79. The van der Waals surface area contributed by atoms with Gasteiger partial charge in [-0.15, -0.1) is 0 Å². The van der Waals surface area contributed by atoms with Crippen molar-refractivity contribution in [2.45, 2.75) is 26.2 Å². The molecule has 1 atom stereocenters. The van der Waals surface area contributed by atoms with E-state index in [1.807, 2.05) is 31.2 Å². The third-order valence-corrected chi connectivity index (χ3v) is 3.73. The molecule has 1 saturated heterocycles. The third-order valence-electron chi connectivity index (χ3n) is 3.73. The molecule has 0 bridgehead atoms. The molecular formula is C16H21N3O2. The van der Waals surface area contributed by atoms with E-state index in [0.717, 1.165) is 36.7 Å². The SMILES string of the molecule is CCOc1cccc(-c2noc(CC3CCCNC3)n2)c1. The molecule has 0 amide bonds. The summed E-state index contributed by atoms with van der Waals surface area (Å²) in [6.45, 7) is 4.78. The normalized spacial score (nSPS) is 18.6. The maximum absolute atomic E-state index is 5.50. The summed E-state index contributed by atoms with van der Waals surface area (Å²) < 4.78 is 10.9. The lowest BCUT2D eigenvalue weighted by atomic mass is 9.96. The molecule has 112 valence electrons. The Balaban J connectivity index is 1.70. The van der Waals surface area contributed by atoms with Gasteiger partial charge in [0.15, 0.2) is 0 Å². The molecular weight excluding hydrogens is 266 g/mol. The predicted molar refractivity (Wildman–Crippen MR) is 80.2 cm³/mol. The Hall–Kier alpha value is -1.88. The molecule has 1 aliphatic rings. The van der Waals surface area contributed by atoms with E-state index in [4.69, 9.17) is 9.26 Å². The molecule has 21 heavy (non-hydrogen) atoms. The summed E-state index contributed by atoms with van der Waals surface area (Å²) in [4.78, 5) is 4.51. The van der Waals surface area contributed by atoms with Gasteiger partial charge in [-0.25, -0.2) is 0 Å². The Morgan fingerprint density at radius 2 is 2.38 bits per heavy atom. The Kier molecular flexibility index (Phi) is 4.50. The van der Waals surface area contributed by atoms with Gasteiger partial charge in [0.05, 0.1) is 6.61 Å². The summed E-state index contributed by atoms with van der Waals surface area (Å²) in [5.74, 6) is 2.79. The Labute approximate surface area is 124 Å². The molecule has 5 nitrogen and oxygen atoms in total. The van der Waals surface area contributed by atoms with Crippen molar-refractivity contribution in [1.29, 1.82) is 0 Å². The molecule has 1 unspecified atom stereocenters. The van der Waals surface area contributed by atoms with Crippen molar-refractivity contribution in [3.63, 3.8) is 0 Å². The number of hydrogen-bond donors (Lipinski definition) is 1. The van der Waals surface area contributed by atoms with Crippen LogP contribution >= 0.6 is 0 Å². The second kappa shape index (κ2) is 6.72. The highest BCUT2D eigenvalue weighted by Crippen LogP contribution is 2.23. The molecule has 3 rings (SSSR count). The van der Waals surface area contributed by atoms with Crippen LogP contribution in [0.2, 0.25) is 0 Å². The lowest BCUT2D eigenvalue weighted by Crippen LogP contribution is -2.30. The molecule has 0 saturated carbocycles. The number of nitrogens with one attached hydrogen (secondary N) is 1. The van der Waals surface area contributed by atoms with E-state index in [9.17, 15) is 0 Å².